The normalized spacial score (nSPS) is 10.7. The summed E-state index contributed by atoms with van der Waals surface area (Å²) in [5, 5.41) is 3.00. The van der Waals surface area contributed by atoms with Gasteiger partial charge in [0, 0.05) is 32.1 Å². The van der Waals surface area contributed by atoms with Gasteiger partial charge < -0.3 is 15.0 Å². The Morgan fingerprint density at radius 1 is 1.28 bits per heavy atom. The number of carbonyl (C=O) groups excluding carboxylic acids is 1. The van der Waals surface area contributed by atoms with Gasteiger partial charge in [-0.3, -0.25) is 0 Å². The SMILES string of the molecule is COC(=O)c1ccc(F)c(CNc2nc(C(C)C)nc(N(C)C)n2)c1. The summed E-state index contributed by atoms with van der Waals surface area (Å²) in [5.74, 6) is 0.700. The third kappa shape index (κ3) is 4.62. The highest BCUT2D eigenvalue weighted by atomic mass is 19.1. The van der Waals surface area contributed by atoms with Gasteiger partial charge in [0.05, 0.1) is 12.7 Å². The van der Waals surface area contributed by atoms with Crippen LogP contribution in [-0.4, -0.2) is 42.1 Å². The Morgan fingerprint density at radius 2 is 2.00 bits per heavy atom. The summed E-state index contributed by atoms with van der Waals surface area (Å²) in [6.07, 6.45) is 0. The van der Waals surface area contributed by atoms with Crippen LogP contribution >= 0.6 is 0 Å². The number of rotatable bonds is 6. The second-order valence-electron chi connectivity index (χ2n) is 6.02. The fourth-order valence-corrected chi connectivity index (χ4v) is 2.05. The van der Waals surface area contributed by atoms with Crippen molar-refractivity contribution in [3.63, 3.8) is 0 Å². The number of hydrogen-bond acceptors (Lipinski definition) is 7. The lowest BCUT2D eigenvalue weighted by Gasteiger charge is -2.15. The quantitative estimate of drug-likeness (QED) is 0.805. The number of anilines is 2. The molecule has 2 aromatic rings. The van der Waals surface area contributed by atoms with Crippen LogP contribution in [0.1, 0.15) is 41.5 Å². The zero-order valence-corrected chi connectivity index (χ0v) is 15.0. The lowest BCUT2D eigenvalue weighted by molar-refractivity contribution is 0.0600. The van der Waals surface area contributed by atoms with E-state index in [1.807, 2.05) is 27.9 Å². The Balaban J connectivity index is 2.25. The minimum Gasteiger partial charge on any atom is -0.465 e. The number of halogens is 1. The predicted octanol–water partition coefficient (Wildman–Crippen LogP) is 2.60. The Kier molecular flexibility index (Phi) is 5.84. The lowest BCUT2D eigenvalue weighted by atomic mass is 10.1. The largest absolute Gasteiger partial charge is 0.465 e. The number of benzene rings is 1. The summed E-state index contributed by atoms with van der Waals surface area (Å²) in [6.45, 7) is 4.10. The first-order valence-electron chi connectivity index (χ1n) is 7.85. The molecule has 0 amide bonds. The van der Waals surface area contributed by atoms with Gasteiger partial charge in [0.25, 0.3) is 0 Å². The fourth-order valence-electron chi connectivity index (χ4n) is 2.05. The van der Waals surface area contributed by atoms with Gasteiger partial charge in [-0.2, -0.15) is 15.0 Å². The molecule has 1 aromatic heterocycles. The van der Waals surface area contributed by atoms with Crippen LogP contribution in [-0.2, 0) is 11.3 Å². The zero-order valence-electron chi connectivity index (χ0n) is 15.0. The first-order chi connectivity index (χ1) is 11.8. The number of ether oxygens (including phenoxy) is 1. The van der Waals surface area contributed by atoms with Crippen LogP contribution in [0.4, 0.5) is 16.3 Å². The van der Waals surface area contributed by atoms with Gasteiger partial charge in [0.15, 0.2) is 0 Å². The van der Waals surface area contributed by atoms with E-state index in [0.29, 0.717) is 23.3 Å². The standard InChI is InChI=1S/C17H22FN5O2/c1-10(2)14-20-16(22-17(21-14)23(3)4)19-9-12-8-11(15(24)25-5)6-7-13(12)18/h6-8,10H,9H2,1-5H3,(H,19,20,21,22). The summed E-state index contributed by atoms with van der Waals surface area (Å²) >= 11 is 0. The van der Waals surface area contributed by atoms with Crippen molar-refractivity contribution in [3.8, 4) is 0 Å². The number of esters is 1. The highest BCUT2D eigenvalue weighted by Crippen LogP contribution is 2.17. The van der Waals surface area contributed by atoms with Gasteiger partial charge in [0.2, 0.25) is 11.9 Å². The number of carbonyl (C=O) groups is 1. The molecule has 0 saturated heterocycles. The number of hydrogen-bond donors (Lipinski definition) is 1. The van der Waals surface area contributed by atoms with E-state index in [9.17, 15) is 9.18 Å². The summed E-state index contributed by atoms with van der Waals surface area (Å²) in [5.41, 5.74) is 0.606. The maximum Gasteiger partial charge on any atom is 0.337 e. The van der Waals surface area contributed by atoms with Gasteiger partial charge in [0.1, 0.15) is 11.6 Å². The van der Waals surface area contributed by atoms with Crippen LogP contribution in [0.15, 0.2) is 18.2 Å². The second kappa shape index (κ2) is 7.87. The smallest absolute Gasteiger partial charge is 0.337 e. The molecular weight excluding hydrogens is 325 g/mol. The molecule has 0 unspecified atom stereocenters. The molecule has 0 radical (unpaired) electrons. The van der Waals surface area contributed by atoms with E-state index in [2.05, 4.69) is 25.0 Å². The van der Waals surface area contributed by atoms with Gasteiger partial charge in [-0.25, -0.2) is 9.18 Å². The van der Waals surface area contributed by atoms with Crippen LogP contribution in [0, 0.1) is 5.82 Å². The van der Waals surface area contributed by atoms with Crippen molar-refractivity contribution in [2.24, 2.45) is 0 Å². The van der Waals surface area contributed by atoms with Crippen molar-refractivity contribution in [3.05, 3.63) is 41.0 Å². The van der Waals surface area contributed by atoms with Crippen LogP contribution in [0.5, 0.6) is 0 Å². The number of nitrogens with zero attached hydrogens (tertiary/aromatic N) is 4. The maximum absolute atomic E-state index is 14.0. The third-order valence-corrected chi connectivity index (χ3v) is 3.46. The van der Waals surface area contributed by atoms with Crippen molar-refractivity contribution in [2.45, 2.75) is 26.3 Å². The first-order valence-corrected chi connectivity index (χ1v) is 7.85. The molecule has 2 rings (SSSR count). The van der Waals surface area contributed by atoms with E-state index < -0.39 is 11.8 Å². The van der Waals surface area contributed by atoms with E-state index in [1.54, 1.807) is 4.90 Å². The Labute approximate surface area is 146 Å². The highest BCUT2D eigenvalue weighted by molar-refractivity contribution is 5.89. The molecule has 0 fully saturated rings. The topological polar surface area (TPSA) is 80.2 Å². The van der Waals surface area contributed by atoms with Crippen LogP contribution < -0.4 is 10.2 Å². The van der Waals surface area contributed by atoms with E-state index in [4.69, 9.17) is 0 Å². The average Bonchev–Trinajstić information content (AvgIpc) is 2.59. The first kappa shape index (κ1) is 18.6. The second-order valence-corrected chi connectivity index (χ2v) is 6.02. The molecule has 25 heavy (non-hydrogen) atoms. The molecule has 0 aliphatic rings. The zero-order chi connectivity index (χ0) is 18.6. The predicted molar refractivity (Wildman–Crippen MR) is 93.3 cm³/mol. The molecule has 1 aromatic carbocycles. The van der Waals surface area contributed by atoms with Crippen LogP contribution in [0.25, 0.3) is 0 Å². The molecule has 0 saturated carbocycles. The lowest BCUT2D eigenvalue weighted by Crippen LogP contribution is -2.17. The molecule has 0 aliphatic carbocycles. The number of aromatic nitrogens is 3. The van der Waals surface area contributed by atoms with Crippen LogP contribution in [0.2, 0.25) is 0 Å². The summed E-state index contributed by atoms with van der Waals surface area (Å²) in [7, 11) is 4.95. The van der Waals surface area contributed by atoms with Gasteiger partial charge >= 0.3 is 5.97 Å². The van der Waals surface area contributed by atoms with Crippen molar-refractivity contribution in [1.82, 2.24) is 15.0 Å². The van der Waals surface area contributed by atoms with Crippen molar-refractivity contribution in [1.29, 1.82) is 0 Å². The van der Waals surface area contributed by atoms with Crippen molar-refractivity contribution >= 4 is 17.9 Å². The Bertz CT molecular complexity index is 738. The van der Waals surface area contributed by atoms with E-state index >= 15 is 0 Å². The van der Waals surface area contributed by atoms with Gasteiger partial charge in [-0.05, 0) is 18.2 Å². The summed E-state index contributed by atoms with van der Waals surface area (Å²) in [6, 6.07) is 4.07. The fraction of sp³-hybridized carbons (Fsp3) is 0.412. The molecule has 1 N–H and O–H groups in total. The highest BCUT2D eigenvalue weighted by Gasteiger charge is 2.13. The average molecular weight is 347 g/mol. The molecule has 0 spiro atoms. The molecule has 7 nitrogen and oxygen atoms in total. The van der Waals surface area contributed by atoms with Gasteiger partial charge in [-0.15, -0.1) is 0 Å². The molecule has 0 atom stereocenters. The summed E-state index contributed by atoms with van der Waals surface area (Å²) < 4.78 is 18.7. The van der Waals surface area contributed by atoms with Gasteiger partial charge in [-0.1, -0.05) is 13.8 Å². The van der Waals surface area contributed by atoms with E-state index in [0.717, 1.165) is 0 Å². The number of methoxy groups -OCH3 is 1. The molecule has 134 valence electrons. The number of nitrogens with one attached hydrogen (secondary N) is 1. The van der Waals surface area contributed by atoms with E-state index in [1.165, 1.54) is 25.3 Å². The third-order valence-electron chi connectivity index (χ3n) is 3.46. The molecule has 1 heterocycles. The molecule has 0 bridgehead atoms. The minimum atomic E-state index is -0.515. The van der Waals surface area contributed by atoms with Crippen LogP contribution in [0.3, 0.4) is 0 Å². The maximum atomic E-state index is 14.0. The minimum absolute atomic E-state index is 0.127. The van der Waals surface area contributed by atoms with E-state index in [-0.39, 0.29) is 18.0 Å². The molecular formula is C17H22FN5O2. The Morgan fingerprint density at radius 3 is 2.60 bits per heavy atom. The van der Waals surface area contributed by atoms with Crippen molar-refractivity contribution < 1.29 is 13.9 Å². The molecule has 8 heteroatoms. The summed E-state index contributed by atoms with van der Waals surface area (Å²) in [4.78, 5) is 26.4. The Hall–Kier alpha value is -2.77. The van der Waals surface area contributed by atoms with Crippen molar-refractivity contribution in [2.75, 3.05) is 31.4 Å². The molecule has 0 aliphatic heterocycles. The monoisotopic (exact) mass is 347 g/mol.